The minimum absolute atomic E-state index is 0.0330. The van der Waals surface area contributed by atoms with E-state index in [1.165, 1.54) is 5.56 Å². The molecule has 0 aromatic carbocycles. The van der Waals surface area contributed by atoms with Gasteiger partial charge in [0.15, 0.2) is 0 Å². The molecule has 4 rings (SSSR count). The predicted molar refractivity (Wildman–Crippen MR) is 85.7 cm³/mol. The number of rotatable bonds is 2. The molecule has 2 aliphatic heterocycles. The summed E-state index contributed by atoms with van der Waals surface area (Å²) in [7, 11) is 1.58. The fourth-order valence-corrected chi connectivity index (χ4v) is 4.59. The average molecular weight is 316 g/mol. The maximum Gasteiger partial charge on any atom is 0.259 e. The fourth-order valence-electron chi connectivity index (χ4n) is 4.59. The lowest BCUT2D eigenvalue weighted by Gasteiger charge is -2.47. The highest BCUT2D eigenvalue weighted by molar-refractivity contribution is 5.97. The molecule has 124 valence electrons. The summed E-state index contributed by atoms with van der Waals surface area (Å²) in [5.74, 6) is 0.491. The monoisotopic (exact) mass is 316 g/mol. The number of hydrogen-bond donors (Lipinski definition) is 1. The summed E-state index contributed by atoms with van der Waals surface area (Å²) in [5, 5.41) is 10.0. The predicted octanol–water partition coefficient (Wildman–Crippen LogP) is 2.10. The topological polar surface area (TPSA) is 62.7 Å². The van der Waals surface area contributed by atoms with Gasteiger partial charge in [0, 0.05) is 17.8 Å². The molecular formula is C18H24N2O3. The molecule has 2 saturated heterocycles. The Hall–Kier alpha value is -1.62. The van der Waals surface area contributed by atoms with Crippen LogP contribution in [0.1, 0.15) is 60.1 Å². The number of aliphatic hydroxyl groups excluding tert-OH is 1. The normalized spacial score (nSPS) is 29.3. The minimum atomic E-state index is -0.269. The molecule has 1 N–H and O–H groups in total. The Bertz CT molecular complexity index is 617. The van der Waals surface area contributed by atoms with Crippen molar-refractivity contribution in [2.45, 2.75) is 69.6 Å². The van der Waals surface area contributed by atoms with Gasteiger partial charge in [0.05, 0.1) is 13.2 Å². The third-order valence-corrected chi connectivity index (χ3v) is 5.62. The average Bonchev–Trinajstić information content (AvgIpc) is 2.99. The molecule has 3 heterocycles. The van der Waals surface area contributed by atoms with Gasteiger partial charge in [-0.05, 0) is 63.0 Å². The van der Waals surface area contributed by atoms with E-state index in [0.717, 1.165) is 44.2 Å². The Morgan fingerprint density at radius 1 is 1.26 bits per heavy atom. The lowest BCUT2D eigenvalue weighted by molar-refractivity contribution is -0.0152. The first-order valence-electron chi connectivity index (χ1n) is 8.75. The number of aryl methyl sites for hydroxylation is 2. The van der Waals surface area contributed by atoms with Gasteiger partial charge in [0.25, 0.3) is 5.91 Å². The Kier molecular flexibility index (Phi) is 3.76. The first-order chi connectivity index (χ1) is 11.2. The third-order valence-electron chi connectivity index (χ3n) is 5.62. The zero-order chi connectivity index (χ0) is 16.0. The maximum absolute atomic E-state index is 13.2. The van der Waals surface area contributed by atoms with Crippen LogP contribution < -0.4 is 4.74 Å². The standard InChI is InChI=1S/C18H24N2O3/c1-23-17-15(8-11-4-2-7-16(11)19-17)18(22)20-12-5-3-6-13(20)10-14(21)9-12/h8,12-14,21H,2-7,9-10H2,1H3/t12-,13+,14?. The molecule has 2 fully saturated rings. The SMILES string of the molecule is COc1nc2c(cc1C(=O)N1[C@@H]3CCC[C@H]1CC(O)C3)CCC2. The summed E-state index contributed by atoms with van der Waals surface area (Å²) in [4.78, 5) is 19.8. The van der Waals surface area contributed by atoms with Crippen LogP contribution in [0.25, 0.3) is 0 Å². The molecule has 1 amide bonds. The zero-order valence-electron chi connectivity index (χ0n) is 13.6. The van der Waals surface area contributed by atoms with Crippen molar-refractivity contribution in [3.8, 4) is 5.88 Å². The van der Waals surface area contributed by atoms with Crippen molar-refractivity contribution >= 4 is 5.91 Å². The van der Waals surface area contributed by atoms with Crippen molar-refractivity contribution in [3.63, 3.8) is 0 Å². The van der Waals surface area contributed by atoms with Gasteiger partial charge in [-0.3, -0.25) is 4.79 Å². The minimum Gasteiger partial charge on any atom is -0.480 e. The van der Waals surface area contributed by atoms with Gasteiger partial charge in [0.1, 0.15) is 5.56 Å². The highest BCUT2D eigenvalue weighted by Gasteiger charge is 2.41. The first kappa shape index (κ1) is 14.9. The van der Waals surface area contributed by atoms with Gasteiger partial charge in [-0.2, -0.15) is 0 Å². The molecule has 1 aromatic heterocycles. The second-order valence-electron chi connectivity index (χ2n) is 7.08. The van der Waals surface area contributed by atoms with E-state index >= 15 is 0 Å². The quantitative estimate of drug-likeness (QED) is 0.907. The molecule has 0 saturated carbocycles. The molecule has 5 heteroatoms. The van der Waals surface area contributed by atoms with Crippen molar-refractivity contribution in [2.75, 3.05) is 7.11 Å². The number of ether oxygens (including phenoxy) is 1. The number of hydrogen-bond acceptors (Lipinski definition) is 4. The van der Waals surface area contributed by atoms with Gasteiger partial charge < -0.3 is 14.7 Å². The summed E-state index contributed by atoms with van der Waals surface area (Å²) in [5.41, 5.74) is 2.87. The lowest BCUT2D eigenvalue weighted by Crippen LogP contribution is -2.56. The molecule has 23 heavy (non-hydrogen) atoms. The van der Waals surface area contributed by atoms with Crippen LogP contribution in [0.5, 0.6) is 5.88 Å². The van der Waals surface area contributed by atoms with Crippen molar-refractivity contribution in [1.82, 2.24) is 9.88 Å². The maximum atomic E-state index is 13.2. The van der Waals surface area contributed by atoms with Crippen LogP contribution in [0, 0.1) is 0 Å². The van der Waals surface area contributed by atoms with Gasteiger partial charge in [-0.1, -0.05) is 0 Å². The molecule has 3 atom stereocenters. The summed E-state index contributed by atoms with van der Waals surface area (Å²) >= 11 is 0. The number of nitrogens with zero attached hydrogens (tertiary/aromatic N) is 2. The second kappa shape index (κ2) is 5.78. The van der Waals surface area contributed by atoms with Crippen LogP contribution in [0.15, 0.2) is 6.07 Å². The Morgan fingerprint density at radius 3 is 2.70 bits per heavy atom. The second-order valence-corrected chi connectivity index (χ2v) is 7.08. The van der Waals surface area contributed by atoms with Gasteiger partial charge in [-0.15, -0.1) is 0 Å². The number of carbonyl (C=O) groups is 1. The van der Waals surface area contributed by atoms with Crippen molar-refractivity contribution in [2.24, 2.45) is 0 Å². The summed E-state index contributed by atoms with van der Waals surface area (Å²) in [6, 6.07) is 2.31. The molecule has 0 radical (unpaired) electrons. The van der Waals surface area contributed by atoms with E-state index in [9.17, 15) is 9.90 Å². The molecule has 5 nitrogen and oxygen atoms in total. The van der Waals surface area contributed by atoms with E-state index < -0.39 is 0 Å². The van der Waals surface area contributed by atoms with E-state index in [-0.39, 0.29) is 24.1 Å². The number of amides is 1. The van der Waals surface area contributed by atoms with E-state index in [4.69, 9.17) is 4.74 Å². The smallest absolute Gasteiger partial charge is 0.259 e. The molecule has 1 unspecified atom stereocenters. The van der Waals surface area contributed by atoms with Crippen LogP contribution in [-0.4, -0.2) is 46.2 Å². The number of methoxy groups -OCH3 is 1. The van der Waals surface area contributed by atoms with E-state index in [1.807, 2.05) is 11.0 Å². The molecule has 1 aliphatic carbocycles. The lowest BCUT2D eigenvalue weighted by atomic mass is 9.82. The largest absolute Gasteiger partial charge is 0.480 e. The Morgan fingerprint density at radius 2 is 2.00 bits per heavy atom. The Balaban J connectivity index is 1.69. The van der Waals surface area contributed by atoms with Crippen LogP contribution in [0.2, 0.25) is 0 Å². The number of carbonyl (C=O) groups excluding carboxylic acids is 1. The summed E-state index contributed by atoms with van der Waals surface area (Å²) in [6.07, 6.45) is 7.32. The van der Waals surface area contributed by atoms with Gasteiger partial charge >= 0.3 is 0 Å². The highest BCUT2D eigenvalue weighted by Crippen LogP contribution is 2.37. The Labute approximate surface area is 136 Å². The van der Waals surface area contributed by atoms with Crippen LogP contribution in [0.3, 0.4) is 0 Å². The van der Waals surface area contributed by atoms with Crippen LogP contribution in [0.4, 0.5) is 0 Å². The zero-order valence-corrected chi connectivity index (χ0v) is 13.6. The number of piperidine rings is 2. The van der Waals surface area contributed by atoms with E-state index in [2.05, 4.69) is 4.98 Å². The highest BCUT2D eigenvalue weighted by atomic mass is 16.5. The molecule has 2 bridgehead atoms. The molecule has 0 spiro atoms. The van der Waals surface area contributed by atoms with Gasteiger partial charge in [-0.25, -0.2) is 4.98 Å². The van der Waals surface area contributed by atoms with Crippen molar-refractivity contribution in [1.29, 1.82) is 0 Å². The summed E-state index contributed by atoms with van der Waals surface area (Å²) < 4.78 is 5.42. The van der Waals surface area contributed by atoms with Crippen molar-refractivity contribution < 1.29 is 14.6 Å². The van der Waals surface area contributed by atoms with Crippen LogP contribution >= 0.6 is 0 Å². The molecular weight excluding hydrogens is 292 g/mol. The number of aliphatic hydroxyl groups is 1. The number of pyridine rings is 1. The first-order valence-corrected chi connectivity index (χ1v) is 8.75. The molecule has 1 aromatic rings. The fraction of sp³-hybridized carbons (Fsp3) is 0.667. The summed E-state index contributed by atoms with van der Waals surface area (Å²) in [6.45, 7) is 0. The van der Waals surface area contributed by atoms with Crippen LogP contribution in [-0.2, 0) is 12.8 Å². The molecule has 3 aliphatic rings. The van der Waals surface area contributed by atoms with Gasteiger partial charge in [0.2, 0.25) is 5.88 Å². The van der Waals surface area contributed by atoms with E-state index in [1.54, 1.807) is 7.11 Å². The number of aromatic nitrogens is 1. The van der Waals surface area contributed by atoms with E-state index in [0.29, 0.717) is 24.3 Å². The third kappa shape index (κ3) is 2.51. The number of fused-ring (bicyclic) bond motifs is 3. The van der Waals surface area contributed by atoms with Crippen molar-refractivity contribution in [3.05, 3.63) is 22.9 Å².